The van der Waals surface area contributed by atoms with E-state index in [0.29, 0.717) is 24.2 Å². The average molecular weight is 1460 g/mol. The standard InChI is InChI=1S/C88H126N8Si6/c1-7-75(5)95(87-65-37-19-38-66-87)101(89(9-3)77-45-21-11-22-46-77,99(93(83-57-31-16-32-58-83)84-59-33-17-34-60-84)71-69-97-91(79-49-25-13-26-50-79)80-51-27-14-28-52-80)73-74-102(90(10-4)78-47-23-12-24-48-78,96(76(6)8-2)88-67-39-20-40-68-88)100(94(86-63-43-44-64-86)85-61-35-18-36-62-85)72-70-98-92(82-55-41-42-56-82)81-53-29-15-30-54-81/h11-13,15-16,18-26,29-32,35-40,45-50,53-54,57-58,61-62,65-68,75-76,80,82,84,86,99-100H,7-10,14,17,27-28,33-34,41-44,51-52,55-56,59-60,63-64,69-74,97-98H2,1-6H3. The summed E-state index contributed by atoms with van der Waals surface area (Å²) in [4.78, 5) is 0. The first-order valence-electron chi connectivity index (χ1n) is 41.0. The number of para-hydroxylation sites is 8. The van der Waals surface area contributed by atoms with E-state index in [1.807, 2.05) is 0 Å². The fourth-order valence-electron chi connectivity index (χ4n) is 20.0. The lowest BCUT2D eigenvalue weighted by Crippen LogP contribution is -2.84. The van der Waals surface area contributed by atoms with E-state index in [4.69, 9.17) is 0 Å². The van der Waals surface area contributed by atoms with Crippen LogP contribution in [0.4, 0.5) is 45.5 Å². The Morgan fingerprint density at radius 2 is 0.559 bits per heavy atom. The molecule has 0 amide bonds. The smallest absolute Gasteiger partial charge is 0.267 e. The fourth-order valence-corrected chi connectivity index (χ4v) is 69.0. The lowest BCUT2D eigenvalue weighted by atomic mass is 9.95. The van der Waals surface area contributed by atoms with Crippen LogP contribution in [0, 0.1) is 0 Å². The van der Waals surface area contributed by atoms with Crippen LogP contribution in [0.1, 0.15) is 170 Å². The SMILES string of the molecule is CCC(C)N(c1ccccc1)[Si](CC[Si](N(CC)c1ccccc1)(N(c1ccccc1)C(C)CC)[SiH](CC[SiH2]N(c1ccccc1)C1CCCC1)N(c1ccccc1)C1CCCC1)(N(CC)c1ccccc1)[SiH](CC[SiH2]N(c1ccccc1)C1CCCCC1)N(c1ccccc1)C1CCCCC1. The molecule has 4 saturated carbocycles. The van der Waals surface area contributed by atoms with Crippen molar-refractivity contribution in [2.45, 2.75) is 242 Å². The van der Waals surface area contributed by atoms with Crippen molar-refractivity contribution in [3.05, 3.63) is 243 Å². The number of nitrogens with zero attached hydrogens (tertiary/aromatic N) is 8. The molecule has 0 spiro atoms. The van der Waals surface area contributed by atoms with Gasteiger partial charge in [-0.2, -0.15) is 0 Å². The maximum absolute atomic E-state index is 3.38. The molecule has 0 aromatic heterocycles. The van der Waals surface area contributed by atoms with Crippen LogP contribution in [0.25, 0.3) is 0 Å². The molecule has 0 radical (unpaired) electrons. The molecule has 4 fully saturated rings. The second-order valence-electron chi connectivity index (χ2n) is 30.7. The molecule has 6 unspecified atom stereocenters. The van der Waals surface area contributed by atoms with Gasteiger partial charge in [-0.3, -0.25) is 0 Å². The largest absolute Gasteiger partial charge is 0.401 e. The van der Waals surface area contributed by atoms with Crippen molar-refractivity contribution in [3.63, 3.8) is 0 Å². The molecule has 102 heavy (non-hydrogen) atoms. The molecule has 542 valence electrons. The van der Waals surface area contributed by atoms with E-state index in [2.05, 4.69) is 321 Å². The van der Waals surface area contributed by atoms with Crippen molar-refractivity contribution in [3.8, 4) is 0 Å². The van der Waals surface area contributed by atoms with Crippen LogP contribution in [0.5, 0.6) is 0 Å². The summed E-state index contributed by atoms with van der Waals surface area (Å²) in [5, 5.41) is 0. The summed E-state index contributed by atoms with van der Waals surface area (Å²) in [5.41, 5.74) is 11.7. The van der Waals surface area contributed by atoms with Gasteiger partial charge in [0.15, 0.2) is 17.0 Å². The quantitative estimate of drug-likeness (QED) is 0.0356. The van der Waals surface area contributed by atoms with Crippen molar-refractivity contribution in [2.24, 2.45) is 0 Å². The molecule has 4 aliphatic carbocycles. The molecule has 0 saturated heterocycles. The minimum absolute atomic E-state index is 0.279. The van der Waals surface area contributed by atoms with Crippen molar-refractivity contribution in [1.29, 1.82) is 0 Å². The molecular weight excluding hydrogens is 1340 g/mol. The van der Waals surface area contributed by atoms with E-state index in [-0.39, 0.29) is 12.1 Å². The predicted octanol–water partition coefficient (Wildman–Crippen LogP) is 20.7. The third-order valence-electron chi connectivity index (χ3n) is 24.8. The molecule has 0 N–H and O–H groups in total. The minimum Gasteiger partial charge on any atom is -0.401 e. The first-order chi connectivity index (χ1) is 50.3. The third kappa shape index (κ3) is 17.4. The average Bonchev–Trinajstić information content (AvgIpc) is 0.777. The lowest BCUT2D eigenvalue weighted by Gasteiger charge is -2.62. The number of hydrogen-bond donors (Lipinski definition) is 0. The number of anilines is 8. The number of hydrogen-bond acceptors (Lipinski definition) is 8. The Kier molecular flexibility index (Phi) is 28.0. The van der Waals surface area contributed by atoms with E-state index in [1.165, 1.54) is 197 Å². The zero-order valence-electron chi connectivity index (χ0n) is 63.5. The van der Waals surface area contributed by atoms with Gasteiger partial charge in [0.25, 0.3) is 15.8 Å². The lowest BCUT2D eigenvalue weighted by molar-refractivity contribution is 0.442. The second-order valence-corrected chi connectivity index (χ2v) is 54.8. The van der Waals surface area contributed by atoms with Crippen molar-refractivity contribution < 1.29 is 0 Å². The summed E-state index contributed by atoms with van der Waals surface area (Å²) in [7, 11) is -12.9. The Labute approximate surface area is 628 Å². The molecule has 4 aliphatic rings. The van der Waals surface area contributed by atoms with Gasteiger partial charge in [-0.1, -0.05) is 224 Å². The molecule has 8 aromatic carbocycles. The van der Waals surface area contributed by atoms with E-state index < -0.39 is 52.1 Å². The van der Waals surface area contributed by atoms with Crippen LogP contribution in [-0.2, 0) is 0 Å². The van der Waals surface area contributed by atoms with Gasteiger partial charge in [0.1, 0.15) is 19.4 Å². The first kappa shape index (κ1) is 75.2. The van der Waals surface area contributed by atoms with Gasteiger partial charge in [0, 0.05) is 94.8 Å². The molecule has 8 nitrogen and oxygen atoms in total. The fraction of sp³-hybridized carbons (Fsp3) is 0.455. The molecule has 0 heterocycles. The van der Waals surface area contributed by atoms with Crippen molar-refractivity contribution in [1.82, 2.24) is 0 Å². The zero-order chi connectivity index (χ0) is 70.4. The van der Waals surface area contributed by atoms with Gasteiger partial charge in [-0.25, -0.2) is 0 Å². The number of rotatable bonds is 37. The monoisotopic (exact) mass is 1460 g/mol. The highest BCUT2D eigenvalue weighted by Crippen LogP contribution is 2.49. The molecule has 14 heteroatoms. The minimum atomic E-state index is -3.31. The van der Waals surface area contributed by atoms with Crippen LogP contribution in [0.15, 0.2) is 243 Å². The second kappa shape index (κ2) is 37.9. The van der Waals surface area contributed by atoms with Gasteiger partial charge < -0.3 is 36.5 Å². The maximum Gasteiger partial charge on any atom is 0.267 e. The van der Waals surface area contributed by atoms with Gasteiger partial charge in [-0.15, -0.1) is 0 Å². The summed E-state index contributed by atoms with van der Waals surface area (Å²) >= 11 is 0. The highest BCUT2D eigenvalue weighted by Gasteiger charge is 2.63. The van der Waals surface area contributed by atoms with E-state index in [0.717, 1.165) is 25.9 Å². The summed E-state index contributed by atoms with van der Waals surface area (Å²) in [6, 6.07) is 108. The van der Waals surface area contributed by atoms with Crippen LogP contribution in [-0.4, -0.2) is 101 Å². The molecule has 0 aliphatic heterocycles. The van der Waals surface area contributed by atoms with Gasteiger partial charge in [0.2, 0.25) is 0 Å². The van der Waals surface area contributed by atoms with E-state index >= 15 is 0 Å². The molecule has 0 bridgehead atoms. The highest BCUT2D eigenvalue weighted by molar-refractivity contribution is 7.40. The Bertz CT molecular complexity index is 3620. The van der Waals surface area contributed by atoms with E-state index in [9.17, 15) is 0 Å². The van der Waals surface area contributed by atoms with Gasteiger partial charge in [0.05, 0.1) is 0 Å². The number of benzene rings is 8. The van der Waals surface area contributed by atoms with Crippen LogP contribution < -0.4 is 36.5 Å². The molecule has 12 rings (SSSR count). The maximum atomic E-state index is 3.38. The summed E-state index contributed by atoms with van der Waals surface area (Å²) in [5.74, 6) is 0. The Morgan fingerprint density at radius 3 is 0.833 bits per heavy atom. The molecule has 8 aromatic rings. The summed E-state index contributed by atoms with van der Waals surface area (Å²) in [6.07, 6.45) is 25.8. The molecule has 6 atom stereocenters. The van der Waals surface area contributed by atoms with Crippen LogP contribution in [0.2, 0.25) is 36.3 Å². The Hall–Kier alpha value is -6.54. The predicted molar refractivity (Wildman–Crippen MR) is 462 cm³/mol. The van der Waals surface area contributed by atoms with Gasteiger partial charge >= 0.3 is 0 Å². The summed E-state index contributed by atoms with van der Waals surface area (Å²) in [6.45, 7) is 17.6. The van der Waals surface area contributed by atoms with E-state index in [1.54, 1.807) is 0 Å². The highest BCUT2D eigenvalue weighted by atomic mass is 29.2. The zero-order valence-corrected chi connectivity index (χ0v) is 70.6. The first-order valence-corrected chi connectivity index (χ1v) is 54.7. The van der Waals surface area contributed by atoms with Gasteiger partial charge in [-0.05, 0) is 225 Å². The molecular formula is C88H126N8Si6. The third-order valence-corrected chi connectivity index (χ3v) is 61.0. The van der Waals surface area contributed by atoms with Crippen LogP contribution in [0.3, 0.4) is 0 Å². The van der Waals surface area contributed by atoms with Crippen molar-refractivity contribution >= 4 is 97.6 Å². The summed E-state index contributed by atoms with van der Waals surface area (Å²) < 4.78 is 26.1. The van der Waals surface area contributed by atoms with Crippen molar-refractivity contribution in [2.75, 3.05) is 49.6 Å². The Balaban J connectivity index is 1.19. The Morgan fingerprint density at radius 1 is 0.314 bits per heavy atom. The normalized spacial score (nSPS) is 18.1. The van der Waals surface area contributed by atoms with Crippen LogP contribution >= 0.6 is 0 Å². The topological polar surface area (TPSA) is 25.9 Å².